The summed E-state index contributed by atoms with van der Waals surface area (Å²) in [7, 11) is 5.34. The third-order valence-electron chi connectivity index (χ3n) is 2.93. The summed E-state index contributed by atoms with van der Waals surface area (Å²) in [4.78, 5) is 23.0. The van der Waals surface area contributed by atoms with Crippen LogP contribution in [0.4, 0.5) is 0 Å². The highest BCUT2D eigenvalue weighted by Crippen LogP contribution is 2.12. The largest absolute Gasteiger partial charge is 0.462 e. The molecular formula is C13H24N6O4. The Morgan fingerprint density at radius 3 is 2.87 bits per heavy atom. The molecule has 10 nitrogen and oxygen atoms in total. The number of aromatic amines is 1. The zero-order valence-electron chi connectivity index (χ0n) is 13.9. The number of rotatable bonds is 9. The van der Waals surface area contributed by atoms with Crippen molar-refractivity contribution >= 4 is 5.84 Å². The number of aliphatic hydroxyl groups excluding tert-OH is 1. The molecule has 0 fully saturated rings. The zero-order chi connectivity index (χ0) is 17.4. The van der Waals surface area contributed by atoms with Crippen LogP contribution in [0.3, 0.4) is 0 Å². The topological polar surface area (TPSA) is 129 Å². The van der Waals surface area contributed by atoms with Gasteiger partial charge in [-0.3, -0.25) is 15.1 Å². The van der Waals surface area contributed by atoms with Crippen LogP contribution in [0.15, 0.2) is 4.99 Å². The van der Waals surface area contributed by atoms with Crippen molar-refractivity contribution in [3.63, 3.8) is 0 Å². The van der Waals surface area contributed by atoms with Crippen LogP contribution in [0.2, 0.25) is 0 Å². The molecule has 1 heterocycles. The molecule has 0 bridgehead atoms. The van der Waals surface area contributed by atoms with Crippen molar-refractivity contribution in [3.05, 3.63) is 21.5 Å². The molecule has 10 heteroatoms. The lowest BCUT2D eigenvalue weighted by molar-refractivity contribution is -0.463. The fourth-order valence-corrected chi connectivity index (χ4v) is 1.79. The highest BCUT2D eigenvalue weighted by Gasteiger charge is 2.13. The van der Waals surface area contributed by atoms with Gasteiger partial charge in [-0.15, -0.1) is 0 Å². The SMILES string of the molecule is CN=C(C[N+](=O)[O-])NCC(O)COc1nc(CN(C)C)c(C)[nH]1. The lowest BCUT2D eigenvalue weighted by Gasteiger charge is -2.12. The Hall–Kier alpha value is -2.20. The Balaban J connectivity index is 2.41. The molecule has 1 atom stereocenters. The molecule has 0 spiro atoms. The van der Waals surface area contributed by atoms with Crippen LogP contribution in [0.25, 0.3) is 0 Å². The number of hydrogen-bond donors (Lipinski definition) is 3. The Labute approximate surface area is 134 Å². The third-order valence-corrected chi connectivity index (χ3v) is 2.93. The molecular weight excluding hydrogens is 304 g/mol. The van der Waals surface area contributed by atoms with Crippen LogP contribution in [0.1, 0.15) is 11.4 Å². The highest BCUT2D eigenvalue weighted by molar-refractivity contribution is 5.83. The average molecular weight is 328 g/mol. The minimum Gasteiger partial charge on any atom is -0.462 e. The number of aliphatic imine (C=N–C) groups is 1. The first-order chi connectivity index (χ1) is 10.8. The predicted molar refractivity (Wildman–Crippen MR) is 85.4 cm³/mol. The standard InChI is InChI=1S/C13H24N6O4/c1-9-11(6-18(3)4)17-13(16-9)23-8-10(20)5-15-12(14-2)7-19(21)22/h10,20H,5-8H2,1-4H3,(H,14,15)(H,16,17). The van der Waals surface area contributed by atoms with Crippen molar-refractivity contribution in [2.75, 3.05) is 40.8 Å². The van der Waals surface area contributed by atoms with E-state index in [-0.39, 0.29) is 19.0 Å². The summed E-state index contributed by atoms with van der Waals surface area (Å²) in [5.41, 5.74) is 1.79. The number of H-pyrrole nitrogens is 1. The number of nitrogens with zero attached hydrogens (tertiary/aromatic N) is 4. The summed E-state index contributed by atoms with van der Waals surface area (Å²) < 4.78 is 5.41. The number of aromatic nitrogens is 2. The second-order valence-electron chi connectivity index (χ2n) is 5.36. The summed E-state index contributed by atoms with van der Waals surface area (Å²) in [6, 6.07) is 0.341. The van der Waals surface area contributed by atoms with E-state index < -0.39 is 17.6 Å². The highest BCUT2D eigenvalue weighted by atomic mass is 16.6. The summed E-state index contributed by atoms with van der Waals surface area (Å²) in [6.45, 7) is 2.29. The van der Waals surface area contributed by atoms with E-state index in [9.17, 15) is 15.2 Å². The summed E-state index contributed by atoms with van der Waals surface area (Å²) in [5.74, 6) is 0.205. The van der Waals surface area contributed by atoms with Crippen molar-refractivity contribution in [2.24, 2.45) is 4.99 Å². The van der Waals surface area contributed by atoms with Gasteiger partial charge in [0.2, 0.25) is 0 Å². The minimum absolute atomic E-state index is 0.0107. The van der Waals surface area contributed by atoms with Crippen LogP contribution in [-0.4, -0.2) is 77.7 Å². The Morgan fingerprint density at radius 1 is 1.61 bits per heavy atom. The average Bonchev–Trinajstić information content (AvgIpc) is 2.80. The summed E-state index contributed by atoms with van der Waals surface area (Å²) >= 11 is 0. The fraction of sp³-hybridized carbons (Fsp3) is 0.692. The molecule has 3 N–H and O–H groups in total. The lowest BCUT2D eigenvalue weighted by Crippen LogP contribution is -2.38. The van der Waals surface area contributed by atoms with Gasteiger partial charge in [0, 0.05) is 30.8 Å². The van der Waals surface area contributed by atoms with Crippen molar-refractivity contribution in [2.45, 2.75) is 19.6 Å². The van der Waals surface area contributed by atoms with Gasteiger partial charge in [0.25, 0.3) is 12.6 Å². The van der Waals surface area contributed by atoms with E-state index in [1.165, 1.54) is 7.05 Å². The van der Waals surface area contributed by atoms with Crippen LogP contribution in [0, 0.1) is 17.0 Å². The lowest BCUT2D eigenvalue weighted by atomic mass is 10.3. The molecule has 0 amide bonds. The van der Waals surface area contributed by atoms with E-state index >= 15 is 0 Å². The number of aryl methyl sites for hydroxylation is 1. The van der Waals surface area contributed by atoms with Crippen LogP contribution >= 0.6 is 0 Å². The zero-order valence-corrected chi connectivity index (χ0v) is 13.9. The van der Waals surface area contributed by atoms with Gasteiger partial charge in [0.05, 0.1) is 5.69 Å². The Morgan fingerprint density at radius 2 is 2.30 bits per heavy atom. The van der Waals surface area contributed by atoms with Crippen LogP contribution in [0.5, 0.6) is 6.01 Å². The first kappa shape index (κ1) is 18.8. The van der Waals surface area contributed by atoms with Gasteiger partial charge in [0.15, 0.2) is 5.84 Å². The van der Waals surface area contributed by atoms with Gasteiger partial charge < -0.3 is 25.0 Å². The number of amidine groups is 1. The summed E-state index contributed by atoms with van der Waals surface area (Å²) in [5, 5.41) is 23.0. The quantitative estimate of drug-likeness (QED) is 0.239. The molecule has 0 aliphatic rings. The van der Waals surface area contributed by atoms with Crippen molar-refractivity contribution in [1.29, 1.82) is 0 Å². The number of aliphatic hydroxyl groups is 1. The molecule has 1 aromatic heterocycles. The smallest absolute Gasteiger partial charge is 0.294 e. The van der Waals surface area contributed by atoms with Crippen molar-refractivity contribution in [3.8, 4) is 6.01 Å². The van der Waals surface area contributed by atoms with E-state index in [0.717, 1.165) is 11.4 Å². The molecule has 130 valence electrons. The predicted octanol–water partition coefficient (Wildman–Crippen LogP) is -0.586. The maximum Gasteiger partial charge on any atom is 0.294 e. The molecule has 0 radical (unpaired) electrons. The molecule has 1 unspecified atom stereocenters. The fourth-order valence-electron chi connectivity index (χ4n) is 1.79. The van der Waals surface area contributed by atoms with Gasteiger partial charge in [-0.05, 0) is 21.0 Å². The van der Waals surface area contributed by atoms with Crippen LogP contribution in [-0.2, 0) is 6.54 Å². The Bertz CT molecular complexity index is 543. The Kier molecular flexibility index (Phi) is 7.42. The number of nitrogens with one attached hydrogen (secondary N) is 2. The first-order valence-corrected chi connectivity index (χ1v) is 7.14. The number of ether oxygens (including phenoxy) is 1. The first-order valence-electron chi connectivity index (χ1n) is 7.14. The molecule has 0 aliphatic heterocycles. The normalized spacial score (nSPS) is 13.2. The van der Waals surface area contributed by atoms with E-state index in [1.807, 2.05) is 25.9 Å². The second-order valence-corrected chi connectivity index (χ2v) is 5.36. The molecule has 1 rings (SSSR count). The molecule has 0 aromatic carbocycles. The monoisotopic (exact) mass is 328 g/mol. The van der Waals surface area contributed by atoms with E-state index in [1.54, 1.807) is 0 Å². The molecule has 23 heavy (non-hydrogen) atoms. The number of imidazole rings is 1. The second kappa shape index (κ2) is 9.06. The van der Waals surface area contributed by atoms with Crippen LogP contribution < -0.4 is 10.1 Å². The molecule has 0 saturated carbocycles. The van der Waals surface area contributed by atoms with Gasteiger partial charge in [-0.2, -0.15) is 4.98 Å². The van der Waals surface area contributed by atoms with E-state index in [4.69, 9.17) is 4.74 Å². The van der Waals surface area contributed by atoms with Crippen molar-refractivity contribution < 1.29 is 14.8 Å². The molecule has 0 saturated heterocycles. The van der Waals surface area contributed by atoms with Gasteiger partial charge in [-0.25, -0.2) is 0 Å². The van der Waals surface area contributed by atoms with Gasteiger partial charge >= 0.3 is 0 Å². The number of hydrogen-bond acceptors (Lipinski definition) is 7. The molecule has 0 aliphatic carbocycles. The van der Waals surface area contributed by atoms with Gasteiger partial charge in [-0.1, -0.05) is 0 Å². The minimum atomic E-state index is -0.846. The molecule has 1 aromatic rings. The number of nitro groups is 1. The van der Waals surface area contributed by atoms with E-state index in [2.05, 4.69) is 20.3 Å². The van der Waals surface area contributed by atoms with Crippen molar-refractivity contribution in [1.82, 2.24) is 20.2 Å². The summed E-state index contributed by atoms with van der Waals surface area (Å²) in [6.07, 6.45) is -0.846. The van der Waals surface area contributed by atoms with E-state index in [0.29, 0.717) is 12.6 Å². The maximum atomic E-state index is 10.4. The van der Waals surface area contributed by atoms with Gasteiger partial charge in [0.1, 0.15) is 12.7 Å². The third kappa shape index (κ3) is 7.06. The maximum absolute atomic E-state index is 10.4.